The maximum atomic E-state index is 11.5. The number of carbonyl (C=O) groups is 1. The van der Waals surface area contributed by atoms with Gasteiger partial charge in [-0.25, -0.2) is 0 Å². The lowest BCUT2D eigenvalue weighted by atomic mass is 10.1. The molecule has 15 heavy (non-hydrogen) atoms. The quantitative estimate of drug-likeness (QED) is 0.771. The Labute approximate surface area is 90.9 Å². The van der Waals surface area contributed by atoms with Gasteiger partial charge in [0.05, 0.1) is 0 Å². The van der Waals surface area contributed by atoms with Gasteiger partial charge in [-0.15, -0.1) is 0 Å². The van der Waals surface area contributed by atoms with E-state index in [1.807, 2.05) is 25.1 Å². The molecule has 0 saturated carbocycles. The van der Waals surface area contributed by atoms with E-state index in [9.17, 15) is 4.79 Å². The minimum Gasteiger partial charge on any atom is -0.399 e. The van der Waals surface area contributed by atoms with Gasteiger partial charge in [-0.2, -0.15) is 0 Å². The van der Waals surface area contributed by atoms with E-state index >= 15 is 0 Å². The van der Waals surface area contributed by atoms with Crippen LogP contribution < -0.4 is 10.6 Å². The third-order valence-corrected chi connectivity index (χ3v) is 2.34. The minimum atomic E-state index is 0.0738. The van der Waals surface area contributed by atoms with Crippen LogP contribution in [-0.2, 0) is 4.79 Å². The predicted molar refractivity (Wildman–Crippen MR) is 63.9 cm³/mol. The molecule has 3 heteroatoms. The lowest BCUT2D eigenvalue weighted by Gasteiger charge is -2.22. The summed E-state index contributed by atoms with van der Waals surface area (Å²) in [4.78, 5) is 13.3. The fraction of sp³-hybridized carbons (Fsp3) is 0.417. The van der Waals surface area contributed by atoms with Gasteiger partial charge in [-0.05, 0) is 37.1 Å². The van der Waals surface area contributed by atoms with Crippen molar-refractivity contribution >= 4 is 17.3 Å². The molecule has 0 heterocycles. The second kappa shape index (κ2) is 4.82. The van der Waals surface area contributed by atoms with Gasteiger partial charge in [0.2, 0.25) is 5.91 Å². The van der Waals surface area contributed by atoms with Crippen LogP contribution >= 0.6 is 0 Å². The number of carbonyl (C=O) groups excluding carboxylic acids is 1. The minimum absolute atomic E-state index is 0.0738. The first-order chi connectivity index (χ1) is 7.06. The summed E-state index contributed by atoms with van der Waals surface area (Å²) < 4.78 is 0. The average Bonchev–Trinajstić information content (AvgIpc) is 2.15. The van der Waals surface area contributed by atoms with Gasteiger partial charge in [0.15, 0.2) is 0 Å². The third-order valence-electron chi connectivity index (χ3n) is 2.34. The highest BCUT2D eigenvalue weighted by Gasteiger charge is 2.12. The molecule has 0 aliphatic rings. The van der Waals surface area contributed by atoms with E-state index in [0.717, 1.165) is 29.9 Å². The van der Waals surface area contributed by atoms with Gasteiger partial charge in [-0.1, -0.05) is 6.92 Å². The lowest BCUT2D eigenvalue weighted by molar-refractivity contribution is -0.116. The first-order valence-electron chi connectivity index (χ1n) is 5.20. The average molecular weight is 206 g/mol. The van der Waals surface area contributed by atoms with Crippen LogP contribution in [0.3, 0.4) is 0 Å². The zero-order valence-electron chi connectivity index (χ0n) is 9.58. The molecule has 1 rings (SSSR count). The molecule has 0 unspecified atom stereocenters. The Kier molecular flexibility index (Phi) is 3.72. The summed E-state index contributed by atoms with van der Waals surface area (Å²) in [5.41, 5.74) is 8.40. The molecule has 0 spiro atoms. The standard InChI is InChI=1S/C12H18N2O/c1-4-7-14(10(3)15)12-6-5-11(13)8-9(12)2/h5-6,8H,4,7,13H2,1-3H3. The van der Waals surface area contributed by atoms with Crippen molar-refractivity contribution in [1.82, 2.24) is 0 Å². The van der Waals surface area contributed by atoms with Crippen LogP contribution in [0.1, 0.15) is 25.8 Å². The van der Waals surface area contributed by atoms with E-state index in [-0.39, 0.29) is 5.91 Å². The number of anilines is 2. The van der Waals surface area contributed by atoms with Crippen molar-refractivity contribution in [3.63, 3.8) is 0 Å². The molecule has 1 aromatic carbocycles. The summed E-state index contributed by atoms with van der Waals surface area (Å²) >= 11 is 0. The van der Waals surface area contributed by atoms with Gasteiger partial charge in [0.25, 0.3) is 0 Å². The number of benzene rings is 1. The molecule has 0 saturated heterocycles. The normalized spacial score (nSPS) is 10.1. The summed E-state index contributed by atoms with van der Waals surface area (Å²) in [5.74, 6) is 0.0738. The van der Waals surface area contributed by atoms with Gasteiger partial charge >= 0.3 is 0 Å². The van der Waals surface area contributed by atoms with Crippen molar-refractivity contribution in [3.05, 3.63) is 23.8 Å². The molecule has 0 bridgehead atoms. The summed E-state index contributed by atoms with van der Waals surface area (Å²) in [6, 6.07) is 5.62. The number of hydrogen-bond acceptors (Lipinski definition) is 2. The van der Waals surface area contributed by atoms with Crippen LogP contribution in [0.2, 0.25) is 0 Å². The zero-order chi connectivity index (χ0) is 11.4. The van der Waals surface area contributed by atoms with Crippen molar-refractivity contribution in [3.8, 4) is 0 Å². The van der Waals surface area contributed by atoms with Gasteiger partial charge < -0.3 is 10.6 Å². The molecule has 0 aliphatic heterocycles. The van der Waals surface area contributed by atoms with E-state index in [1.54, 1.807) is 11.8 Å². The fourth-order valence-corrected chi connectivity index (χ4v) is 1.65. The van der Waals surface area contributed by atoms with Crippen molar-refractivity contribution in [2.24, 2.45) is 0 Å². The largest absolute Gasteiger partial charge is 0.399 e. The Balaban J connectivity index is 3.05. The van der Waals surface area contributed by atoms with Gasteiger partial charge in [0, 0.05) is 24.8 Å². The number of rotatable bonds is 3. The lowest BCUT2D eigenvalue weighted by Crippen LogP contribution is -2.29. The highest BCUT2D eigenvalue weighted by Crippen LogP contribution is 2.22. The Morgan fingerprint density at radius 3 is 2.60 bits per heavy atom. The molecule has 82 valence electrons. The van der Waals surface area contributed by atoms with Crippen LogP contribution in [0.15, 0.2) is 18.2 Å². The molecule has 0 atom stereocenters. The van der Waals surface area contributed by atoms with Crippen molar-refractivity contribution in [1.29, 1.82) is 0 Å². The zero-order valence-corrected chi connectivity index (χ0v) is 9.58. The van der Waals surface area contributed by atoms with Crippen molar-refractivity contribution in [2.75, 3.05) is 17.2 Å². The van der Waals surface area contributed by atoms with Crippen LogP contribution in [0, 0.1) is 6.92 Å². The molecule has 0 aromatic heterocycles. The molecule has 0 fully saturated rings. The number of aryl methyl sites for hydroxylation is 1. The number of amides is 1. The van der Waals surface area contributed by atoms with Crippen LogP contribution in [0.25, 0.3) is 0 Å². The molecular weight excluding hydrogens is 188 g/mol. The molecule has 1 aromatic rings. The molecular formula is C12H18N2O. The Bertz CT molecular complexity index is 361. The van der Waals surface area contributed by atoms with Crippen molar-refractivity contribution in [2.45, 2.75) is 27.2 Å². The van der Waals surface area contributed by atoms with E-state index in [0.29, 0.717) is 0 Å². The van der Waals surface area contributed by atoms with Crippen LogP contribution in [-0.4, -0.2) is 12.5 Å². The maximum absolute atomic E-state index is 11.5. The predicted octanol–water partition coefficient (Wildman–Crippen LogP) is 2.34. The van der Waals surface area contributed by atoms with Crippen molar-refractivity contribution < 1.29 is 4.79 Å². The second-order valence-electron chi connectivity index (χ2n) is 3.72. The van der Waals surface area contributed by atoms with E-state index in [2.05, 4.69) is 6.92 Å². The fourth-order valence-electron chi connectivity index (χ4n) is 1.65. The molecule has 1 amide bonds. The van der Waals surface area contributed by atoms with Gasteiger partial charge in [0.1, 0.15) is 0 Å². The molecule has 0 radical (unpaired) electrons. The summed E-state index contributed by atoms with van der Waals surface area (Å²) in [5, 5.41) is 0. The monoisotopic (exact) mass is 206 g/mol. The summed E-state index contributed by atoms with van der Waals surface area (Å²) in [6.45, 7) is 6.37. The van der Waals surface area contributed by atoms with Crippen LogP contribution in [0.4, 0.5) is 11.4 Å². The third kappa shape index (κ3) is 2.72. The Morgan fingerprint density at radius 1 is 1.47 bits per heavy atom. The second-order valence-corrected chi connectivity index (χ2v) is 3.72. The molecule has 2 N–H and O–H groups in total. The maximum Gasteiger partial charge on any atom is 0.223 e. The highest BCUT2D eigenvalue weighted by molar-refractivity contribution is 5.92. The van der Waals surface area contributed by atoms with Crippen LogP contribution in [0.5, 0.6) is 0 Å². The topological polar surface area (TPSA) is 46.3 Å². The summed E-state index contributed by atoms with van der Waals surface area (Å²) in [6.07, 6.45) is 0.948. The first kappa shape index (κ1) is 11.6. The smallest absolute Gasteiger partial charge is 0.223 e. The SMILES string of the molecule is CCCN(C(C)=O)c1ccc(N)cc1C. The van der Waals surface area contributed by atoms with E-state index in [1.165, 1.54) is 0 Å². The number of nitrogen functional groups attached to an aromatic ring is 1. The van der Waals surface area contributed by atoms with Gasteiger partial charge in [-0.3, -0.25) is 4.79 Å². The van der Waals surface area contributed by atoms with E-state index in [4.69, 9.17) is 5.73 Å². The van der Waals surface area contributed by atoms with E-state index < -0.39 is 0 Å². The Hall–Kier alpha value is -1.51. The molecule has 0 aliphatic carbocycles. The summed E-state index contributed by atoms with van der Waals surface area (Å²) in [7, 11) is 0. The molecule has 3 nitrogen and oxygen atoms in total. The number of nitrogens with two attached hydrogens (primary N) is 1. The number of nitrogens with zero attached hydrogens (tertiary/aromatic N) is 1. The Morgan fingerprint density at radius 2 is 2.13 bits per heavy atom. The number of hydrogen-bond donors (Lipinski definition) is 1. The first-order valence-corrected chi connectivity index (χ1v) is 5.20. The highest BCUT2D eigenvalue weighted by atomic mass is 16.2.